The first kappa shape index (κ1) is 13.3. The molecule has 0 aliphatic carbocycles. The summed E-state index contributed by atoms with van der Waals surface area (Å²) in [5.41, 5.74) is 7.06. The SMILES string of the molecule is Cc1ccc(S(=O)(=O)N2CCOC(C)C2)c(N)c1. The molecular weight excluding hydrogens is 252 g/mol. The molecule has 0 spiro atoms. The van der Waals surface area contributed by atoms with E-state index in [0.717, 1.165) is 5.56 Å². The van der Waals surface area contributed by atoms with Crippen LogP contribution >= 0.6 is 0 Å². The minimum absolute atomic E-state index is 0.0832. The second-order valence-electron chi connectivity index (χ2n) is 4.59. The van der Waals surface area contributed by atoms with E-state index in [2.05, 4.69) is 0 Å². The summed E-state index contributed by atoms with van der Waals surface area (Å²) in [5, 5.41) is 0. The minimum Gasteiger partial charge on any atom is -0.398 e. The maximum atomic E-state index is 12.5. The minimum atomic E-state index is -3.51. The number of benzene rings is 1. The zero-order chi connectivity index (χ0) is 13.3. The predicted octanol–water partition coefficient (Wildman–Crippen LogP) is 0.987. The van der Waals surface area contributed by atoms with Gasteiger partial charge in [-0.2, -0.15) is 4.31 Å². The van der Waals surface area contributed by atoms with Gasteiger partial charge in [-0.3, -0.25) is 0 Å². The molecule has 2 rings (SSSR count). The highest BCUT2D eigenvalue weighted by atomic mass is 32.2. The molecule has 0 aromatic heterocycles. The Labute approximate surface area is 108 Å². The highest BCUT2D eigenvalue weighted by molar-refractivity contribution is 7.89. The van der Waals surface area contributed by atoms with E-state index in [9.17, 15) is 8.42 Å². The summed E-state index contributed by atoms with van der Waals surface area (Å²) in [5.74, 6) is 0. The molecule has 1 unspecified atom stereocenters. The highest BCUT2D eigenvalue weighted by Crippen LogP contribution is 2.24. The lowest BCUT2D eigenvalue weighted by atomic mass is 10.2. The number of rotatable bonds is 2. The van der Waals surface area contributed by atoms with Crippen molar-refractivity contribution in [1.29, 1.82) is 0 Å². The molecule has 1 heterocycles. The van der Waals surface area contributed by atoms with Gasteiger partial charge in [0.15, 0.2) is 0 Å². The van der Waals surface area contributed by atoms with Crippen molar-refractivity contribution in [2.24, 2.45) is 0 Å². The Morgan fingerprint density at radius 3 is 2.78 bits per heavy atom. The molecular formula is C12H18N2O3S. The molecule has 0 saturated carbocycles. The fourth-order valence-electron chi connectivity index (χ4n) is 2.05. The van der Waals surface area contributed by atoms with Gasteiger partial charge in [-0.05, 0) is 31.5 Å². The topological polar surface area (TPSA) is 72.6 Å². The fourth-order valence-corrected chi connectivity index (χ4v) is 3.64. The van der Waals surface area contributed by atoms with Crippen LogP contribution in [0.2, 0.25) is 0 Å². The molecule has 6 heteroatoms. The molecule has 2 N–H and O–H groups in total. The first-order chi connectivity index (χ1) is 8.41. The van der Waals surface area contributed by atoms with E-state index < -0.39 is 10.0 Å². The van der Waals surface area contributed by atoms with Crippen LogP contribution in [0.4, 0.5) is 5.69 Å². The number of hydrogen-bond acceptors (Lipinski definition) is 4. The molecule has 1 aliphatic heterocycles. The van der Waals surface area contributed by atoms with Gasteiger partial charge in [0, 0.05) is 13.1 Å². The van der Waals surface area contributed by atoms with Crippen LogP contribution in [-0.4, -0.2) is 38.5 Å². The summed E-state index contributed by atoms with van der Waals surface area (Å²) in [6.45, 7) is 4.91. The van der Waals surface area contributed by atoms with Crippen molar-refractivity contribution >= 4 is 15.7 Å². The van der Waals surface area contributed by atoms with E-state index in [1.807, 2.05) is 13.8 Å². The number of morpholine rings is 1. The van der Waals surface area contributed by atoms with Gasteiger partial charge in [0.1, 0.15) is 4.90 Å². The van der Waals surface area contributed by atoms with Gasteiger partial charge >= 0.3 is 0 Å². The monoisotopic (exact) mass is 270 g/mol. The van der Waals surface area contributed by atoms with Crippen molar-refractivity contribution in [2.75, 3.05) is 25.4 Å². The molecule has 100 valence electrons. The molecule has 1 aromatic rings. The quantitative estimate of drug-likeness (QED) is 0.813. The third-order valence-corrected chi connectivity index (χ3v) is 4.93. The zero-order valence-electron chi connectivity index (χ0n) is 10.6. The standard InChI is InChI=1S/C12H18N2O3S/c1-9-3-4-12(11(13)7-9)18(15,16)14-5-6-17-10(2)8-14/h3-4,7,10H,5-6,8,13H2,1-2H3. The molecule has 0 amide bonds. The first-order valence-corrected chi connectivity index (χ1v) is 7.33. The molecule has 1 aliphatic rings. The van der Waals surface area contributed by atoms with Gasteiger partial charge in [-0.25, -0.2) is 8.42 Å². The smallest absolute Gasteiger partial charge is 0.245 e. The second kappa shape index (κ2) is 4.87. The van der Waals surface area contributed by atoms with E-state index in [4.69, 9.17) is 10.5 Å². The first-order valence-electron chi connectivity index (χ1n) is 5.89. The average molecular weight is 270 g/mol. The van der Waals surface area contributed by atoms with Crippen LogP contribution < -0.4 is 5.73 Å². The number of nitrogens with zero attached hydrogens (tertiary/aromatic N) is 1. The Morgan fingerprint density at radius 1 is 1.44 bits per heavy atom. The number of nitrogens with two attached hydrogens (primary N) is 1. The van der Waals surface area contributed by atoms with Crippen molar-refractivity contribution in [3.05, 3.63) is 23.8 Å². The van der Waals surface area contributed by atoms with Crippen LogP contribution in [0.25, 0.3) is 0 Å². The number of nitrogen functional groups attached to an aromatic ring is 1. The van der Waals surface area contributed by atoms with Crippen molar-refractivity contribution in [3.63, 3.8) is 0 Å². The van der Waals surface area contributed by atoms with Gasteiger partial charge in [0.2, 0.25) is 10.0 Å². The van der Waals surface area contributed by atoms with Crippen molar-refractivity contribution in [1.82, 2.24) is 4.31 Å². The number of ether oxygens (including phenoxy) is 1. The summed E-state index contributed by atoms with van der Waals surface area (Å²) >= 11 is 0. The molecule has 1 fully saturated rings. The lowest BCUT2D eigenvalue weighted by molar-refractivity contribution is 0.0102. The van der Waals surface area contributed by atoms with Crippen LogP contribution in [0.5, 0.6) is 0 Å². The van der Waals surface area contributed by atoms with Crippen LogP contribution in [0.3, 0.4) is 0 Å². The predicted molar refractivity (Wildman–Crippen MR) is 69.8 cm³/mol. The maximum absolute atomic E-state index is 12.5. The number of anilines is 1. The van der Waals surface area contributed by atoms with Gasteiger partial charge in [-0.15, -0.1) is 0 Å². The van der Waals surface area contributed by atoms with Crippen molar-refractivity contribution < 1.29 is 13.2 Å². The average Bonchev–Trinajstić information content (AvgIpc) is 2.28. The van der Waals surface area contributed by atoms with Gasteiger partial charge in [-0.1, -0.05) is 6.07 Å². The maximum Gasteiger partial charge on any atom is 0.245 e. The Balaban J connectivity index is 2.35. The van der Waals surface area contributed by atoms with Crippen LogP contribution in [0, 0.1) is 6.92 Å². The lowest BCUT2D eigenvalue weighted by Gasteiger charge is -2.30. The van der Waals surface area contributed by atoms with Crippen molar-refractivity contribution in [2.45, 2.75) is 24.8 Å². The number of hydrogen-bond donors (Lipinski definition) is 1. The lowest BCUT2D eigenvalue weighted by Crippen LogP contribution is -2.44. The third-order valence-electron chi connectivity index (χ3n) is 2.99. The van der Waals surface area contributed by atoms with Gasteiger partial charge < -0.3 is 10.5 Å². The molecule has 0 radical (unpaired) electrons. The number of sulfonamides is 1. The van der Waals surface area contributed by atoms with E-state index >= 15 is 0 Å². The Kier molecular flexibility index (Phi) is 3.61. The van der Waals surface area contributed by atoms with Crippen LogP contribution in [0.15, 0.2) is 23.1 Å². The Bertz CT molecular complexity index is 542. The summed E-state index contributed by atoms with van der Waals surface area (Å²) < 4.78 is 31.7. The second-order valence-corrected chi connectivity index (χ2v) is 6.49. The largest absolute Gasteiger partial charge is 0.398 e. The van der Waals surface area contributed by atoms with E-state index in [-0.39, 0.29) is 11.0 Å². The molecule has 5 nitrogen and oxygen atoms in total. The summed E-state index contributed by atoms with van der Waals surface area (Å²) in [6, 6.07) is 5.00. The molecule has 1 aromatic carbocycles. The van der Waals surface area contributed by atoms with Gasteiger partial charge in [0.05, 0.1) is 18.4 Å². The molecule has 1 atom stereocenters. The Morgan fingerprint density at radius 2 is 2.17 bits per heavy atom. The molecule has 18 heavy (non-hydrogen) atoms. The summed E-state index contributed by atoms with van der Waals surface area (Å²) in [7, 11) is -3.51. The molecule has 1 saturated heterocycles. The molecule has 0 bridgehead atoms. The van der Waals surface area contributed by atoms with Crippen LogP contribution in [0.1, 0.15) is 12.5 Å². The Hall–Kier alpha value is -1.11. The van der Waals surface area contributed by atoms with Crippen LogP contribution in [-0.2, 0) is 14.8 Å². The summed E-state index contributed by atoms with van der Waals surface area (Å²) in [6.07, 6.45) is -0.0832. The zero-order valence-corrected chi connectivity index (χ0v) is 11.4. The third kappa shape index (κ3) is 2.50. The van der Waals surface area contributed by atoms with Crippen molar-refractivity contribution in [3.8, 4) is 0 Å². The number of aryl methyl sites for hydroxylation is 1. The summed E-state index contributed by atoms with van der Waals surface area (Å²) in [4.78, 5) is 0.183. The van der Waals surface area contributed by atoms with Gasteiger partial charge in [0.25, 0.3) is 0 Å². The fraction of sp³-hybridized carbons (Fsp3) is 0.500. The van der Waals surface area contributed by atoms with E-state index in [0.29, 0.717) is 25.4 Å². The van der Waals surface area contributed by atoms with E-state index in [1.54, 1.807) is 18.2 Å². The highest BCUT2D eigenvalue weighted by Gasteiger charge is 2.30. The van der Waals surface area contributed by atoms with E-state index in [1.165, 1.54) is 4.31 Å². The normalized spacial score (nSPS) is 22.0.